The molecule has 0 unspecified atom stereocenters. The van der Waals surface area contributed by atoms with Gasteiger partial charge in [-0.05, 0) is 46.2 Å². The van der Waals surface area contributed by atoms with Gasteiger partial charge in [0.2, 0.25) is 0 Å². The maximum Gasteiger partial charge on any atom is 0.0488 e. The molecule has 2 heteroatoms. The van der Waals surface area contributed by atoms with Crippen molar-refractivity contribution in [2.75, 3.05) is 0 Å². The lowest BCUT2D eigenvalue weighted by Gasteiger charge is -2.07. The van der Waals surface area contributed by atoms with E-state index < -0.39 is 0 Å². The van der Waals surface area contributed by atoms with E-state index in [-0.39, 0.29) is 0 Å². The first-order valence-corrected chi connectivity index (χ1v) is 7.67. The topological polar surface area (TPSA) is 0 Å². The minimum Gasteiger partial charge on any atom is -0.134 e. The molecule has 0 fully saturated rings. The molecule has 0 N–H and O–H groups in total. The van der Waals surface area contributed by atoms with Gasteiger partial charge in [0, 0.05) is 23.7 Å². The number of benzene rings is 2. The second-order valence-electron chi connectivity index (χ2n) is 4.59. The van der Waals surface area contributed by atoms with Gasteiger partial charge in [0.15, 0.2) is 0 Å². The van der Waals surface area contributed by atoms with E-state index in [9.17, 15) is 0 Å². The SMILES string of the molecule is CC(C)c1cccc2sc3c(I)cccc3c12. The van der Waals surface area contributed by atoms with Crippen molar-refractivity contribution >= 4 is 54.1 Å². The van der Waals surface area contributed by atoms with Gasteiger partial charge >= 0.3 is 0 Å². The number of halogens is 1. The summed E-state index contributed by atoms with van der Waals surface area (Å²) in [5.74, 6) is 0.578. The molecule has 0 atom stereocenters. The van der Waals surface area contributed by atoms with Crippen molar-refractivity contribution in [3.8, 4) is 0 Å². The molecular weight excluding hydrogens is 339 g/mol. The third-order valence-corrected chi connectivity index (χ3v) is 5.60. The van der Waals surface area contributed by atoms with Gasteiger partial charge in [0.25, 0.3) is 0 Å². The van der Waals surface area contributed by atoms with Crippen molar-refractivity contribution in [3.63, 3.8) is 0 Å². The van der Waals surface area contributed by atoms with Crippen LogP contribution in [0, 0.1) is 3.57 Å². The van der Waals surface area contributed by atoms with Gasteiger partial charge in [0.05, 0.1) is 0 Å². The van der Waals surface area contributed by atoms with Gasteiger partial charge in [-0.2, -0.15) is 0 Å². The second-order valence-corrected chi connectivity index (χ2v) is 6.81. The van der Waals surface area contributed by atoms with Crippen molar-refractivity contribution in [2.45, 2.75) is 19.8 Å². The van der Waals surface area contributed by atoms with Crippen LogP contribution in [0.15, 0.2) is 36.4 Å². The Morgan fingerprint density at radius 3 is 2.59 bits per heavy atom. The molecule has 1 heterocycles. The summed E-state index contributed by atoms with van der Waals surface area (Å²) in [6, 6.07) is 13.3. The van der Waals surface area contributed by atoms with Crippen LogP contribution in [0.3, 0.4) is 0 Å². The minimum atomic E-state index is 0.578. The van der Waals surface area contributed by atoms with Crippen LogP contribution in [0.5, 0.6) is 0 Å². The fraction of sp³-hybridized carbons (Fsp3) is 0.200. The van der Waals surface area contributed by atoms with Crippen LogP contribution in [-0.4, -0.2) is 0 Å². The van der Waals surface area contributed by atoms with Crippen LogP contribution < -0.4 is 0 Å². The second kappa shape index (κ2) is 4.25. The molecule has 17 heavy (non-hydrogen) atoms. The Hall–Kier alpha value is -0.610. The van der Waals surface area contributed by atoms with Gasteiger partial charge in [-0.1, -0.05) is 38.1 Å². The normalized spacial score (nSPS) is 11.8. The predicted molar refractivity (Wildman–Crippen MR) is 86.1 cm³/mol. The summed E-state index contributed by atoms with van der Waals surface area (Å²) in [4.78, 5) is 0. The van der Waals surface area contributed by atoms with Crippen LogP contribution in [0.4, 0.5) is 0 Å². The summed E-state index contributed by atoms with van der Waals surface area (Å²) in [7, 11) is 0. The minimum absolute atomic E-state index is 0.578. The largest absolute Gasteiger partial charge is 0.134 e. The highest BCUT2D eigenvalue weighted by Gasteiger charge is 2.12. The summed E-state index contributed by atoms with van der Waals surface area (Å²) in [5.41, 5.74) is 1.47. The van der Waals surface area contributed by atoms with E-state index in [1.807, 2.05) is 11.3 Å². The van der Waals surface area contributed by atoms with Crippen LogP contribution in [0.1, 0.15) is 25.3 Å². The molecule has 0 aliphatic rings. The van der Waals surface area contributed by atoms with Crippen LogP contribution >= 0.6 is 33.9 Å². The van der Waals surface area contributed by atoms with E-state index in [4.69, 9.17) is 0 Å². The monoisotopic (exact) mass is 352 g/mol. The Labute approximate surface area is 119 Å². The highest BCUT2D eigenvalue weighted by atomic mass is 127. The van der Waals surface area contributed by atoms with E-state index >= 15 is 0 Å². The van der Waals surface area contributed by atoms with E-state index in [1.54, 1.807) is 0 Å². The van der Waals surface area contributed by atoms with Crippen LogP contribution in [0.2, 0.25) is 0 Å². The first-order valence-electron chi connectivity index (χ1n) is 5.78. The van der Waals surface area contributed by atoms with Crippen LogP contribution in [-0.2, 0) is 0 Å². The Morgan fingerprint density at radius 2 is 1.82 bits per heavy atom. The Morgan fingerprint density at radius 1 is 1.06 bits per heavy atom. The molecule has 0 saturated carbocycles. The summed E-state index contributed by atoms with van der Waals surface area (Å²) < 4.78 is 4.20. The first kappa shape index (κ1) is 11.5. The zero-order valence-electron chi connectivity index (χ0n) is 9.83. The Bertz CT molecular complexity index is 695. The number of hydrogen-bond donors (Lipinski definition) is 0. The van der Waals surface area contributed by atoms with Crippen LogP contribution in [0.25, 0.3) is 20.2 Å². The number of hydrogen-bond acceptors (Lipinski definition) is 1. The molecule has 0 amide bonds. The van der Waals surface area contributed by atoms with Crippen molar-refractivity contribution in [2.24, 2.45) is 0 Å². The van der Waals surface area contributed by atoms with E-state index in [2.05, 4.69) is 72.8 Å². The van der Waals surface area contributed by atoms with Crippen molar-refractivity contribution in [3.05, 3.63) is 45.5 Å². The average molecular weight is 352 g/mol. The Balaban J connectivity index is 2.54. The lowest BCUT2D eigenvalue weighted by molar-refractivity contribution is 0.877. The van der Waals surface area contributed by atoms with Gasteiger partial charge in [0.1, 0.15) is 0 Å². The molecule has 3 rings (SSSR count). The van der Waals surface area contributed by atoms with Gasteiger partial charge in [-0.25, -0.2) is 0 Å². The zero-order chi connectivity index (χ0) is 12.0. The van der Waals surface area contributed by atoms with Gasteiger partial charge in [-0.3, -0.25) is 0 Å². The molecule has 86 valence electrons. The maximum atomic E-state index is 2.43. The number of thiophene rings is 1. The summed E-state index contributed by atoms with van der Waals surface area (Å²) >= 11 is 4.34. The standard InChI is InChI=1S/C15H13IS/c1-9(2)10-5-4-8-13-14(10)11-6-3-7-12(16)15(11)17-13/h3-9H,1-2H3. The Kier molecular flexibility index (Phi) is 2.87. The van der Waals surface area contributed by atoms with Gasteiger partial charge in [-0.15, -0.1) is 11.3 Å². The smallest absolute Gasteiger partial charge is 0.0488 e. The first-order chi connectivity index (χ1) is 8.18. The summed E-state index contributed by atoms with van der Waals surface area (Å²) in [6.45, 7) is 4.54. The quantitative estimate of drug-likeness (QED) is 0.487. The van der Waals surface area contributed by atoms with E-state index in [0.29, 0.717) is 5.92 Å². The highest BCUT2D eigenvalue weighted by molar-refractivity contribution is 14.1. The summed E-state index contributed by atoms with van der Waals surface area (Å²) in [6.07, 6.45) is 0. The molecule has 3 aromatic rings. The number of fused-ring (bicyclic) bond motifs is 3. The number of rotatable bonds is 1. The van der Waals surface area contributed by atoms with Gasteiger partial charge < -0.3 is 0 Å². The predicted octanol–water partition coefficient (Wildman–Crippen LogP) is 5.78. The fourth-order valence-electron chi connectivity index (χ4n) is 2.32. The fourth-order valence-corrected chi connectivity index (χ4v) is 4.29. The maximum absolute atomic E-state index is 2.43. The van der Waals surface area contributed by atoms with E-state index in [1.165, 1.54) is 29.3 Å². The van der Waals surface area contributed by atoms with Crippen molar-refractivity contribution in [1.82, 2.24) is 0 Å². The third kappa shape index (κ3) is 1.78. The van der Waals surface area contributed by atoms with Crippen molar-refractivity contribution in [1.29, 1.82) is 0 Å². The highest BCUT2D eigenvalue weighted by Crippen LogP contribution is 2.39. The molecule has 0 aliphatic heterocycles. The summed E-state index contributed by atoms with van der Waals surface area (Å²) in [5, 5.41) is 2.88. The molecule has 2 aromatic carbocycles. The van der Waals surface area contributed by atoms with Crippen molar-refractivity contribution < 1.29 is 0 Å². The molecule has 0 spiro atoms. The average Bonchev–Trinajstić information content (AvgIpc) is 2.69. The third-order valence-electron chi connectivity index (χ3n) is 3.13. The molecular formula is C15H13IS. The molecule has 0 nitrogen and oxygen atoms in total. The zero-order valence-corrected chi connectivity index (χ0v) is 12.8. The molecule has 0 bridgehead atoms. The lowest BCUT2D eigenvalue weighted by atomic mass is 9.97. The molecule has 0 aliphatic carbocycles. The molecule has 1 aromatic heterocycles. The van der Waals surface area contributed by atoms with E-state index in [0.717, 1.165) is 0 Å². The molecule has 0 radical (unpaired) electrons. The lowest BCUT2D eigenvalue weighted by Crippen LogP contribution is -1.87. The molecule has 0 saturated heterocycles.